The van der Waals surface area contributed by atoms with Crippen LogP contribution in [0, 0.1) is 0 Å². The highest BCUT2D eigenvalue weighted by Gasteiger charge is 2.09. The number of carbonyl (C=O) groups excluding carboxylic acids is 1. The molecule has 0 unspecified atom stereocenters. The minimum atomic E-state index is -0.575. The van der Waals surface area contributed by atoms with Crippen molar-refractivity contribution in [3.8, 4) is 0 Å². The molecule has 0 bridgehead atoms. The van der Waals surface area contributed by atoms with Crippen LogP contribution in [0.1, 0.15) is 32.6 Å². The first-order chi connectivity index (χ1) is 8.40. The lowest BCUT2D eigenvalue weighted by Gasteiger charge is -2.19. The summed E-state index contributed by atoms with van der Waals surface area (Å²) in [6.45, 7) is 5.81. The van der Waals surface area contributed by atoms with Crippen molar-refractivity contribution in [3.05, 3.63) is 24.0 Å². The smallest absolute Gasteiger partial charge is 0.239 e. The first kappa shape index (κ1) is 14.4. The van der Waals surface area contributed by atoms with E-state index in [1.165, 1.54) is 0 Å². The molecule has 18 heavy (non-hydrogen) atoms. The number of likely N-dealkylation sites (N-methyl/N-ethyl adjacent to an activating group) is 1. The Morgan fingerprint density at radius 3 is 2.56 bits per heavy atom. The number of pyridine rings is 1. The van der Waals surface area contributed by atoms with Crippen LogP contribution in [0.5, 0.6) is 0 Å². The zero-order valence-corrected chi connectivity index (χ0v) is 11.3. The number of hydrogen-bond acceptors (Lipinski definition) is 4. The number of nitrogens with zero attached hydrogens (tertiary/aromatic N) is 2. The van der Waals surface area contributed by atoms with Crippen LogP contribution in [0.4, 0.5) is 5.69 Å². The van der Waals surface area contributed by atoms with Gasteiger partial charge in [0.1, 0.15) is 0 Å². The van der Waals surface area contributed by atoms with E-state index < -0.39 is 6.10 Å². The van der Waals surface area contributed by atoms with Gasteiger partial charge in [-0.05, 0) is 32.9 Å². The quantitative estimate of drug-likeness (QED) is 0.822. The number of aliphatic hydroxyl groups is 1. The Hall–Kier alpha value is -1.62. The fraction of sp³-hybridized carbons (Fsp3) is 0.538. The number of amides is 1. The molecular weight excluding hydrogens is 230 g/mol. The van der Waals surface area contributed by atoms with Crippen LogP contribution in [-0.2, 0) is 4.79 Å². The molecule has 100 valence electrons. The summed E-state index contributed by atoms with van der Waals surface area (Å²) in [4.78, 5) is 17.6. The lowest BCUT2D eigenvalue weighted by Crippen LogP contribution is -2.38. The molecule has 1 rings (SSSR count). The molecule has 0 spiro atoms. The van der Waals surface area contributed by atoms with Crippen LogP contribution in [0.25, 0.3) is 0 Å². The van der Waals surface area contributed by atoms with Crippen molar-refractivity contribution in [1.29, 1.82) is 0 Å². The Labute approximate surface area is 108 Å². The van der Waals surface area contributed by atoms with Crippen LogP contribution in [0.3, 0.4) is 0 Å². The lowest BCUT2D eigenvalue weighted by molar-refractivity contribution is -0.120. The number of aromatic nitrogens is 1. The fourth-order valence-corrected chi connectivity index (χ4v) is 1.54. The van der Waals surface area contributed by atoms with Gasteiger partial charge in [-0.25, -0.2) is 0 Å². The van der Waals surface area contributed by atoms with E-state index in [4.69, 9.17) is 0 Å². The first-order valence-electron chi connectivity index (χ1n) is 6.04. The van der Waals surface area contributed by atoms with Crippen LogP contribution in [0.2, 0.25) is 0 Å². The van der Waals surface area contributed by atoms with E-state index in [-0.39, 0.29) is 18.5 Å². The number of anilines is 1. The summed E-state index contributed by atoms with van der Waals surface area (Å²) >= 11 is 0. The van der Waals surface area contributed by atoms with Gasteiger partial charge in [-0.1, -0.05) is 0 Å². The van der Waals surface area contributed by atoms with E-state index >= 15 is 0 Å². The average Bonchev–Trinajstić information content (AvgIpc) is 2.27. The SMILES string of the molecule is CC(C)NC(=O)CN(C)c1ccc([C@@H](C)O)nc1. The van der Waals surface area contributed by atoms with Crippen LogP contribution >= 0.6 is 0 Å². The van der Waals surface area contributed by atoms with Gasteiger partial charge in [-0.3, -0.25) is 9.78 Å². The Kier molecular flexibility index (Phi) is 5.09. The third kappa shape index (κ3) is 4.33. The van der Waals surface area contributed by atoms with E-state index in [1.54, 1.807) is 19.2 Å². The monoisotopic (exact) mass is 251 g/mol. The summed E-state index contributed by atoms with van der Waals surface area (Å²) in [5.41, 5.74) is 1.47. The maximum absolute atomic E-state index is 11.6. The van der Waals surface area contributed by atoms with Gasteiger partial charge in [0.2, 0.25) is 5.91 Å². The Balaban J connectivity index is 2.61. The second kappa shape index (κ2) is 6.35. The summed E-state index contributed by atoms with van der Waals surface area (Å²) in [6.07, 6.45) is 1.08. The standard InChI is InChI=1S/C13H21N3O2/c1-9(2)15-13(18)8-16(4)11-5-6-12(10(3)17)14-7-11/h5-7,9-10,17H,8H2,1-4H3,(H,15,18)/t10-/m1/s1. The third-order valence-corrected chi connectivity index (χ3v) is 2.47. The van der Waals surface area contributed by atoms with Crippen LogP contribution in [0.15, 0.2) is 18.3 Å². The maximum Gasteiger partial charge on any atom is 0.239 e. The summed E-state index contributed by atoms with van der Waals surface area (Å²) in [7, 11) is 1.83. The zero-order valence-electron chi connectivity index (χ0n) is 11.3. The number of nitrogens with one attached hydrogen (secondary N) is 1. The largest absolute Gasteiger partial charge is 0.387 e. The van der Waals surface area contributed by atoms with Crippen molar-refractivity contribution in [2.45, 2.75) is 32.9 Å². The molecule has 0 aliphatic heterocycles. The summed E-state index contributed by atoms with van der Waals surface area (Å²) in [5, 5.41) is 12.2. The van der Waals surface area contributed by atoms with E-state index in [0.29, 0.717) is 5.69 Å². The van der Waals surface area contributed by atoms with Crippen molar-refractivity contribution in [2.75, 3.05) is 18.5 Å². The molecule has 0 aromatic carbocycles. The van der Waals surface area contributed by atoms with Crippen molar-refractivity contribution < 1.29 is 9.90 Å². The van der Waals surface area contributed by atoms with E-state index in [2.05, 4.69) is 10.3 Å². The Bertz CT molecular complexity index is 388. The predicted octanol–water partition coefficient (Wildman–Crippen LogP) is 1.10. The number of aliphatic hydroxyl groups excluding tert-OH is 1. The highest BCUT2D eigenvalue weighted by atomic mass is 16.3. The van der Waals surface area contributed by atoms with E-state index in [9.17, 15) is 9.90 Å². The molecule has 0 radical (unpaired) electrons. The highest BCUT2D eigenvalue weighted by Crippen LogP contribution is 2.14. The second-order valence-corrected chi connectivity index (χ2v) is 4.70. The normalized spacial score (nSPS) is 12.3. The minimum Gasteiger partial charge on any atom is -0.387 e. The molecule has 2 N–H and O–H groups in total. The third-order valence-electron chi connectivity index (χ3n) is 2.47. The second-order valence-electron chi connectivity index (χ2n) is 4.70. The highest BCUT2D eigenvalue weighted by molar-refractivity contribution is 5.81. The van der Waals surface area contributed by atoms with Gasteiger partial charge in [0.05, 0.1) is 30.2 Å². The fourth-order valence-electron chi connectivity index (χ4n) is 1.54. The molecule has 0 aliphatic carbocycles. The van der Waals surface area contributed by atoms with Crippen molar-refractivity contribution in [2.24, 2.45) is 0 Å². The molecule has 0 fully saturated rings. The molecule has 5 nitrogen and oxygen atoms in total. The van der Waals surface area contributed by atoms with Gasteiger partial charge < -0.3 is 15.3 Å². The number of hydrogen-bond donors (Lipinski definition) is 2. The molecule has 0 saturated carbocycles. The minimum absolute atomic E-state index is 0.0212. The van der Waals surface area contributed by atoms with Gasteiger partial charge in [-0.2, -0.15) is 0 Å². The van der Waals surface area contributed by atoms with Gasteiger partial charge in [0.25, 0.3) is 0 Å². The molecule has 0 aliphatic rings. The van der Waals surface area contributed by atoms with Crippen LogP contribution < -0.4 is 10.2 Å². The van der Waals surface area contributed by atoms with E-state index in [0.717, 1.165) is 5.69 Å². The van der Waals surface area contributed by atoms with E-state index in [1.807, 2.05) is 31.9 Å². The van der Waals surface area contributed by atoms with Crippen LogP contribution in [-0.4, -0.2) is 35.6 Å². The molecule has 1 heterocycles. The van der Waals surface area contributed by atoms with Gasteiger partial charge >= 0.3 is 0 Å². The Morgan fingerprint density at radius 1 is 1.44 bits per heavy atom. The molecular formula is C13H21N3O2. The van der Waals surface area contributed by atoms with Crippen molar-refractivity contribution in [3.63, 3.8) is 0 Å². The van der Waals surface area contributed by atoms with Gasteiger partial charge in [0.15, 0.2) is 0 Å². The van der Waals surface area contributed by atoms with Gasteiger partial charge in [0, 0.05) is 13.1 Å². The summed E-state index contributed by atoms with van der Waals surface area (Å²) < 4.78 is 0. The van der Waals surface area contributed by atoms with Crippen molar-refractivity contribution >= 4 is 11.6 Å². The topological polar surface area (TPSA) is 65.5 Å². The maximum atomic E-state index is 11.6. The first-order valence-corrected chi connectivity index (χ1v) is 6.04. The zero-order chi connectivity index (χ0) is 13.7. The average molecular weight is 251 g/mol. The van der Waals surface area contributed by atoms with Crippen molar-refractivity contribution in [1.82, 2.24) is 10.3 Å². The molecule has 5 heteroatoms. The Morgan fingerprint density at radius 2 is 2.11 bits per heavy atom. The van der Waals surface area contributed by atoms with Gasteiger partial charge in [-0.15, -0.1) is 0 Å². The predicted molar refractivity (Wildman–Crippen MR) is 71.4 cm³/mol. The summed E-state index contributed by atoms with van der Waals surface area (Å²) in [5.74, 6) is -0.0212. The molecule has 1 amide bonds. The number of rotatable bonds is 5. The molecule has 1 atom stereocenters. The summed E-state index contributed by atoms with van der Waals surface area (Å²) in [6, 6.07) is 3.75. The lowest BCUT2D eigenvalue weighted by atomic mass is 10.2. The molecule has 1 aromatic rings. The molecule has 1 aromatic heterocycles. The molecule has 0 saturated heterocycles. The number of carbonyl (C=O) groups is 1.